The van der Waals surface area contributed by atoms with Crippen molar-refractivity contribution in [1.82, 2.24) is 10.6 Å². The van der Waals surface area contributed by atoms with E-state index in [1.54, 1.807) is 6.92 Å². The molecule has 6 heteroatoms. The van der Waals surface area contributed by atoms with E-state index >= 15 is 0 Å². The van der Waals surface area contributed by atoms with E-state index in [4.69, 9.17) is 4.74 Å². The monoisotopic (exact) mass is 320 g/mol. The number of carboxylic acids is 1. The lowest BCUT2D eigenvalue weighted by molar-refractivity contribution is -0.139. The van der Waals surface area contributed by atoms with Crippen molar-refractivity contribution < 1.29 is 19.4 Å². The number of hydrogen-bond acceptors (Lipinski definition) is 4. The number of rotatable bonds is 6. The van der Waals surface area contributed by atoms with E-state index in [0.717, 1.165) is 31.5 Å². The SMILES string of the molecule is CC(CC(=O)O)(NC(=O)OCc1ccccc1)C1CCNCC1. The Morgan fingerprint density at radius 1 is 1.30 bits per heavy atom. The molecule has 0 saturated carbocycles. The quantitative estimate of drug-likeness (QED) is 0.747. The Bertz CT molecular complexity index is 529. The Kier molecular flexibility index (Phi) is 5.98. The Balaban J connectivity index is 1.95. The Hall–Kier alpha value is -2.08. The Morgan fingerprint density at radius 2 is 1.96 bits per heavy atom. The van der Waals surface area contributed by atoms with Crippen molar-refractivity contribution >= 4 is 12.1 Å². The van der Waals surface area contributed by atoms with E-state index < -0.39 is 17.6 Å². The van der Waals surface area contributed by atoms with Gasteiger partial charge in [0.1, 0.15) is 6.61 Å². The summed E-state index contributed by atoms with van der Waals surface area (Å²) in [7, 11) is 0. The van der Waals surface area contributed by atoms with Gasteiger partial charge in [0.25, 0.3) is 0 Å². The minimum atomic E-state index is -0.922. The second-order valence-corrected chi connectivity index (χ2v) is 6.20. The average Bonchev–Trinajstić information content (AvgIpc) is 2.54. The highest BCUT2D eigenvalue weighted by Gasteiger charge is 2.38. The average molecular weight is 320 g/mol. The van der Waals surface area contributed by atoms with Crippen LogP contribution in [0.2, 0.25) is 0 Å². The van der Waals surface area contributed by atoms with Crippen LogP contribution in [0.4, 0.5) is 4.79 Å². The van der Waals surface area contributed by atoms with E-state index in [1.807, 2.05) is 30.3 Å². The van der Waals surface area contributed by atoms with E-state index in [9.17, 15) is 14.7 Å². The van der Waals surface area contributed by atoms with Gasteiger partial charge in [0.2, 0.25) is 0 Å². The molecule has 1 aromatic rings. The number of carbonyl (C=O) groups is 2. The fourth-order valence-electron chi connectivity index (χ4n) is 3.06. The van der Waals surface area contributed by atoms with Gasteiger partial charge in [0.05, 0.1) is 12.0 Å². The zero-order valence-electron chi connectivity index (χ0n) is 13.4. The number of alkyl carbamates (subject to hydrolysis) is 1. The lowest BCUT2D eigenvalue weighted by Gasteiger charge is -2.39. The number of aliphatic carboxylic acids is 1. The van der Waals surface area contributed by atoms with Crippen molar-refractivity contribution in [1.29, 1.82) is 0 Å². The molecule has 2 rings (SSSR count). The van der Waals surface area contributed by atoms with E-state index in [-0.39, 0.29) is 18.9 Å². The van der Waals surface area contributed by atoms with Crippen LogP contribution >= 0.6 is 0 Å². The summed E-state index contributed by atoms with van der Waals surface area (Å²) in [6, 6.07) is 9.39. The van der Waals surface area contributed by atoms with Crippen LogP contribution in [0.1, 0.15) is 31.7 Å². The fraction of sp³-hybridized carbons (Fsp3) is 0.529. The molecule has 1 aliphatic rings. The van der Waals surface area contributed by atoms with Gasteiger partial charge in [-0.2, -0.15) is 0 Å². The van der Waals surface area contributed by atoms with Gasteiger partial charge in [-0.05, 0) is 44.3 Å². The first-order valence-corrected chi connectivity index (χ1v) is 7.91. The minimum absolute atomic E-state index is 0.113. The molecule has 0 spiro atoms. The molecule has 23 heavy (non-hydrogen) atoms. The lowest BCUT2D eigenvalue weighted by atomic mass is 9.77. The number of amides is 1. The zero-order valence-corrected chi connectivity index (χ0v) is 13.4. The van der Waals surface area contributed by atoms with E-state index in [1.165, 1.54) is 0 Å². The molecule has 1 saturated heterocycles. The summed E-state index contributed by atoms with van der Waals surface area (Å²) in [5.74, 6) is -0.807. The number of nitrogens with one attached hydrogen (secondary N) is 2. The second-order valence-electron chi connectivity index (χ2n) is 6.20. The van der Waals surface area contributed by atoms with Gasteiger partial charge in [-0.25, -0.2) is 4.79 Å². The fourth-order valence-corrected chi connectivity index (χ4v) is 3.06. The predicted molar refractivity (Wildman–Crippen MR) is 86.0 cm³/mol. The molecule has 1 heterocycles. The van der Waals surface area contributed by atoms with E-state index in [2.05, 4.69) is 10.6 Å². The van der Waals surface area contributed by atoms with Crippen molar-refractivity contribution in [3.8, 4) is 0 Å². The summed E-state index contributed by atoms with van der Waals surface area (Å²) in [6.07, 6.45) is 0.986. The molecule has 0 aromatic heterocycles. The van der Waals surface area contributed by atoms with Crippen LogP contribution in [0.15, 0.2) is 30.3 Å². The molecule has 1 aliphatic heterocycles. The molecule has 0 radical (unpaired) electrons. The topological polar surface area (TPSA) is 87.7 Å². The van der Waals surface area contributed by atoms with Crippen molar-refractivity contribution in [3.63, 3.8) is 0 Å². The molecule has 1 amide bonds. The maximum absolute atomic E-state index is 12.1. The molecule has 0 bridgehead atoms. The molecule has 6 nitrogen and oxygen atoms in total. The van der Waals surface area contributed by atoms with Gasteiger partial charge >= 0.3 is 12.1 Å². The van der Waals surface area contributed by atoms with Crippen molar-refractivity contribution in [3.05, 3.63) is 35.9 Å². The third-order valence-electron chi connectivity index (χ3n) is 4.36. The van der Waals surface area contributed by atoms with Crippen LogP contribution in [0.25, 0.3) is 0 Å². The van der Waals surface area contributed by atoms with Crippen LogP contribution < -0.4 is 10.6 Å². The van der Waals surface area contributed by atoms with Gasteiger partial charge in [-0.3, -0.25) is 4.79 Å². The second kappa shape index (κ2) is 7.97. The molecule has 1 aromatic carbocycles. The summed E-state index contributed by atoms with van der Waals surface area (Å²) in [5.41, 5.74) is 0.0891. The van der Waals surface area contributed by atoms with Crippen LogP contribution in [0.5, 0.6) is 0 Å². The summed E-state index contributed by atoms with van der Waals surface area (Å²) in [6.45, 7) is 3.63. The van der Waals surface area contributed by atoms with Gasteiger partial charge in [0.15, 0.2) is 0 Å². The number of piperidine rings is 1. The number of carbonyl (C=O) groups excluding carboxylic acids is 1. The summed E-state index contributed by atoms with van der Waals surface area (Å²) < 4.78 is 5.24. The first-order valence-electron chi connectivity index (χ1n) is 7.91. The number of hydrogen-bond donors (Lipinski definition) is 3. The highest BCUT2D eigenvalue weighted by atomic mass is 16.5. The standard InChI is InChI=1S/C17H24N2O4/c1-17(11-15(20)21,14-7-9-18-10-8-14)19-16(22)23-12-13-5-3-2-4-6-13/h2-6,14,18H,7-12H2,1H3,(H,19,22)(H,20,21). The molecule has 0 aliphatic carbocycles. The predicted octanol–water partition coefficient (Wildman–Crippen LogP) is 2.15. The molecule has 3 N–H and O–H groups in total. The summed E-state index contributed by atoms with van der Waals surface area (Å²) in [5, 5.41) is 15.2. The molecular weight excluding hydrogens is 296 g/mol. The van der Waals surface area contributed by atoms with Crippen molar-refractivity contribution in [2.45, 2.75) is 38.3 Å². The first kappa shape index (κ1) is 17.3. The maximum atomic E-state index is 12.1. The maximum Gasteiger partial charge on any atom is 0.407 e. The Morgan fingerprint density at radius 3 is 2.57 bits per heavy atom. The van der Waals surface area contributed by atoms with Crippen LogP contribution in [0, 0.1) is 5.92 Å². The van der Waals surface area contributed by atoms with Crippen LogP contribution in [0.3, 0.4) is 0 Å². The summed E-state index contributed by atoms with van der Waals surface area (Å²) in [4.78, 5) is 23.3. The van der Waals surface area contributed by atoms with Crippen LogP contribution in [-0.2, 0) is 16.1 Å². The normalized spacial score (nSPS) is 18.0. The molecule has 126 valence electrons. The smallest absolute Gasteiger partial charge is 0.407 e. The van der Waals surface area contributed by atoms with E-state index in [0.29, 0.717) is 0 Å². The minimum Gasteiger partial charge on any atom is -0.481 e. The first-order chi connectivity index (χ1) is 11.0. The zero-order chi connectivity index (χ0) is 16.7. The van der Waals surface area contributed by atoms with Crippen LogP contribution in [-0.4, -0.2) is 35.8 Å². The third kappa shape index (κ3) is 5.25. The highest BCUT2D eigenvalue weighted by molar-refractivity contribution is 5.72. The number of carboxylic acid groups (broad SMARTS) is 1. The van der Waals surface area contributed by atoms with Gasteiger partial charge in [0, 0.05) is 0 Å². The Labute approximate surface area is 136 Å². The summed E-state index contributed by atoms with van der Waals surface area (Å²) >= 11 is 0. The molecule has 1 unspecified atom stereocenters. The van der Waals surface area contributed by atoms with Gasteiger partial charge in [-0.15, -0.1) is 0 Å². The van der Waals surface area contributed by atoms with Gasteiger partial charge < -0.3 is 20.5 Å². The molecule has 1 atom stereocenters. The van der Waals surface area contributed by atoms with Gasteiger partial charge in [-0.1, -0.05) is 30.3 Å². The largest absolute Gasteiger partial charge is 0.481 e. The lowest BCUT2D eigenvalue weighted by Crippen LogP contribution is -2.55. The van der Waals surface area contributed by atoms with Crippen molar-refractivity contribution in [2.24, 2.45) is 5.92 Å². The number of ether oxygens (including phenoxy) is 1. The molecular formula is C17H24N2O4. The molecule has 1 fully saturated rings. The van der Waals surface area contributed by atoms with Crippen molar-refractivity contribution in [2.75, 3.05) is 13.1 Å². The number of benzene rings is 1. The highest BCUT2D eigenvalue weighted by Crippen LogP contribution is 2.29. The third-order valence-corrected chi connectivity index (χ3v) is 4.36.